The van der Waals surface area contributed by atoms with Crippen molar-refractivity contribution >= 4 is 29.7 Å². The van der Waals surface area contributed by atoms with Crippen LogP contribution in [0.4, 0.5) is 10.7 Å². The van der Waals surface area contributed by atoms with Gasteiger partial charge >= 0.3 is 6.03 Å². The highest BCUT2D eigenvalue weighted by molar-refractivity contribution is 6.30. The first-order valence-corrected chi connectivity index (χ1v) is 8.15. The Morgan fingerprint density at radius 2 is 2.29 bits per heavy atom. The number of rotatable bonds is 2. The van der Waals surface area contributed by atoms with Gasteiger partial charge in [-0.15, -0.1) is 0 Å². The monoisotopic (exact) mass is 346 g/mol. The summed E-state index contributed by atoms with van der Waals surface area (Å²) in [5.41, 5.74) is 2.41. The van der Waals surface area contributed by atoms with E-state index in [0.717, 1.165) is 17.0 Å². The molecule has 0 aliphatic carbocycles. The second kappa shape index (κ2) is 7.00. The summed E-state index contributed by atoms with van der Waals surface area (Å²) in [7, 11) is 1.68. The molecule has 1 atom stereocenters. The topological polar surface area (TPSA) is 75.9 Å². The number of nitrogens with one attached hydrogen (secondary N) is 1. The Kier molecular flexibility index (Phi) is 4.80. The largest absolute Gasteiger partial charge is 0.324 e. The minimum absolute atomic E-state index is 0.179. The van der Waals surface area contributed by atoms with E-state index in [9.17, 15) is 4.79 Å². The molecule has 1 unspecified atom stereocenters. The first kappa shape index (κ1) is 16.4. The summed E-state index contributed by atoms with van der Waals surface area (Å²) in [4.78, 5) is 14.1. The Hall–Kier alpha value is -2.41. The molecule has 0 bridgehead atoms. The second-order valence-electron chi connectivity index (χ2n) is 5.93. The molecule has 1 fully saturated rings. The number of halogens is 1. The van der Waals surface area contributed by atoms with Crippen molar-refractivity contribution in [3.05, 3.63) is 40.4 Å². The molecule has 24 heavy (non-hydrogen) atoms. The number of benzene rings is 1. The zero-order valence-electron chi connectivity index (χ0n) is 13.6. The van der Waals surface area contributed by atoms with E-state index in [1.807, 2.05) is 24.3 Å². The standard InChI is InChI=1S/C16H19ClN6O/c1-11-10-23(16(24)18-15-19-20-21-22(15)2)7-6-13(11)8-12-4-3-5-14(17)9-12/h3-5,8-9,11H,6-7,10H2,1-2H3,(H,18,19,21,24)/b13-8+. The van der Waals surface area contributed by atoms with Gasteiger partial charge in [0.15, 0.2) is 0 Å². The quantitative estimate of drug-likeness (QED) is 0.907. The smallest absolute Gasteiger partial charge is 0.324 e. The number of carbonyl (C=O) groups is 1. The van der Waals surface area contributed by atoms with E-state index in [4.69, 9.17) is 11.6 Å². The molecule has 1 N–H and O–H groups in total. The van der Waals surface area contributed by atoms with Crippen molar-refractivity contribution in [3.8, 4) is 0 Å². The van der Waals surface area contributed by atoms with Crippen LogP contribution in [0, 0.1) is 5.92 Å². The molecule has 126 valence electrons. The van der Waals surface area contributed by atoms with Gasteiger partial charge in [-0.25, -0.2) is 9.48 Å². The minimum Gasteiger partial charge on any atom is -0.324 e. The van der Waals surface area contributed by atoms with Crippen LogP contribution in [-0.2, 0) is 7.05 Å². The van der Waals surface area contributed by atoms with Crippen LogP contribution < -0.4 is 5.32 Å². The molecule has 7 nitrogen and oxygen atoms in total. The zero-order chi connectivity index (χ0) is 17.1. The van der Waals surface area contributed by atoms with E-state index in [-0.39, 0.29) is 11.9 Å². The highest BCUT2D eigenvalue weighted by atomic mass is 35.5. The number of likely N-dealkylation sites (tertiary alicyclic amines) is 1. The van der Waals surface area contributed by atoms with Gasteiger partial charge in [0.25, 0.3) is 5.95 Å². The molecule has 8 heteroatoms. The molecular weight excluding hydrogens is 328 g/mol. The molecular formula is C16H19ClN6O. The molecule has 1 aromatic heterocycles. The van der Waals surface area contributed by atoms with Crippen LogP contribution in [0.2, 0.25) is 5.02 Å². The third-order valence-corrected chi connectivity index (χ3v) is 4.36. The van der Waals surface area contributed by atoms with E-state index in [1.54, 1.807) is 11.9 Å². The highest BCUT2D eigenvalue weighted by Gasteiger charge is 2.25. The first-order chi connectivity index (χ1) is 11.5. The van der Waals surface area contributed by atoms with Crippen molar-refractivity contribution < 1.29 is 4.79 Å². The Balaban J connectivity index is 1.64. The number of tetrazole rings is 1. The number of amides is 2. The summed E-state index contributed by atoms with van der Waals surface area (Å²) in [6.07, 6.45) is 3.00. The Labute approximate surface area is 145 Å². The molecule has 3 rings (SSSR count). The average molecular weight is 347 g/mol. The number of piperidine rings is 1. The third-order valence-electron chi connectivity index (χ3n) is 4.12. The van der Waals surface area contributed by atoms with Gasteiger partial charge in [0, 0.05) is 25.2 Å². The lowest BCUT2D eigenvalue weighted by atomic mass is 9.91. The van der Waals surface area contributed by atoms with Crippen molar-refractivity contribution in [2.24, 2.45) is 13.0 Å². The van der Waals surface area contributed by atoms with Crippen LogP contribution in [0.15, 0.2) is 29.8 Å². The number of hydrogen-bond donors (Lipinski definition) is 1. The fourth-order valence-electron chi connectivity index (χ4n) is 2.77. The van der Waals surface area contributed by atoms with Crippen molar-refractivity contribution in [1.29, 1.82) is 0 Å². The second-order valence-corrected chi connectivity index (χ2v) is 6.36. The normalized spacial score (nSPS) is 19.5. The van der Waals surface area contributed by atoms with E-state index < -0.39 is 0 Å². The van der Waals surface area contributed by atoms with Crippen LogP contribution in [0.25, 0.3) is 6.08 Å². The Morgan fingerprint density at radius 3 is 2.96 bits per heavy atom. The van der Waals surface area contributed by atoms with Crippen molar-refractivity contribution in [1.82, 2.24) is 25.1 Å². The zero-order valence-corrected chi connectivity index (χ0v) is 14.4. The van der Waals surface area contributed by atoms with Gasteiger partial charge in [0.1, 0.15) is 0 Å². The lowest BCUT2D eigenvalue weighted by molar-refractivity contribution is 0.197. The number of aryl methyl sites for hydroxylation is 1. The number of urea groups is 1. The van der Waals surface area contributed by atoms with E-state index in [2.05, 4.69) is 33.8 Å². The Bertz CT molecular complexity index is 771. The van der Waals surface area contributed by atoms with Crippen LogP contribution in [0.3, 0.4) is 0 Å². The first-order valence-electron chi connectivity index (χ1n) is 7.77. The SMILES string of the molecule is CC1CN(C(=O)Nc2nnnn2C)CC/C1=C\c1cccc(Cl)c1. The maximum atomic E-state index is 12.3. The molecule has 1 aromatic carbocycles. The van der Waals surface area contributed by atoms with Gasteiger partial charge in [-0.3, -0.25) is 5.32 Å². The molecule has 2 aromatic rings. The van der Waals surface area contributed by atoms with Gasteiger partial charge < -0.3 is 4.90 Å². The molecule has 0 spiro atoms. The molecule has 2 heterocycles. The van der Waals surface area contributed by atoms with Gasteiger partial charge in [0.05, 0.1) is 0 Å². The number of aromatic nitrogens is 4. The summed E-state index contributed by atoms with van der Waals surface area (Å²) >= 11 is 6.04. The van der Waals surface area contributed by atoms with Crippen LogP contribution in [0.1, 0.15) is 18.9 Å². The molecule has 0 radical (unpaired) electrons. The number of nitrogens with zero attached hydrogens (tertiary/aromatic N) is 5. The predicted molar refractivity (Wildman–Crippen MR) is 92.6 cm³/mol. The van der Waals surface area contributed by atoms with Crippen molar-refractivity contribution in [3.63, 3.8) is 0 Å². The number of anilines is 1. The lowest BCUT2D eigenvalue weighted by Crippen LogP contribution is -2.42. The van der Waals surface area contributed by atoms with Crippen LogP contribution >= 0.6 is 11.6 Å². The van der Waals surface area contributed by atoms with E-state index in [1.165, 1.54) is 10.3 Å². The molecule has 1 aliphatic heterocycles. The molecule has 1 aliphatic rings. The Morgan fingerprint density at radius 1 is 1.46 bits per heavy atom. The molecule has 0 saturated carbocycles. The van der Waals surface area contributed by atoms with Gasteiger partial charge in [-0.2, -0.15) is 0 Å². The number of hydrogen-bond acceptors (Lipinski definition) is 4. The maximum Gasteiger partial charge on any atom is 0.324 e. The number of carbonyl (C=O) groups excluding carboxylic acids is 1. The molecule has 2 amide bonds. The third kappa shape index (κ3) is 3.73. The van der Waals surface area contributed by atoms with Gasteiger partial charge in [-0.05, 0) is 40.5 Å². The van der Waals surface area contributed by atoms with Gasteiger partial charge in [-0.1, -0.05) is 47.4 Å². The van der Waals surface area contributed by atoms with E-state index in [0.29, 0.717) is 19.0 Å². The minimum atomic E-state index is -0.179. The highest BCUT2D eigenvalue weighted by Crippen LogP contribution is 2.26. The summed E-state index contributed by atoms with van der Waals surface area (Å²) in [5.74, 6) is 0.619. The fourth-order valence-corrected chi connectivity index (χ4v) is 2.97. The predicted octanol–water partition coefficient (Wildman–Crippen LogP) is 2.82. The van der Waals surface area contributed by atoms with Crippen molar-refractivity contribution in [2.45, 2.75) is 13.3 Å². The summed E-state index contributed by atoms with van der Waals surface area (Å²) in [5, 5.41) is 14.4. The van der Waals surface area contributed by atoms with Crippen LogP contribution in [-0.4, -0.2) is 44.2 Å². The molecule has 1 saturated heterocycles. The summed E-state index contributed by atoms with van der Waals surface area (Å²) in [6.45, 7) is 3.44. The maximum absolute atomic E-state index is 12.3. The average Bonchev–Trinajstić information content (AvgIpc) is 2.94. The van der Waals surface area contributed by atoms with Crippen LogP contribution in [0.5, 0.6) is 0 Å². The lowest BCUT2D eigenvalue weighted by Gasteiger charge is -2.33. The summed E-state index contributed by atoms with van der Waals surface area (Å²) in [6, 6.07) is 7.60. The van der Waals surface area contributed by atoms with E-state index >= 15 is 0 Å². The summed E-state index contributed by atoms with van der Waals surface area (Å²) < 4.78 is 1.43. The van der Waals surface area contributed by atoms with Gasteiger partial charge in [0.2, 0.25) is 0 Å². The fraction of sp³-hybridized carbons (Fsp3) is 0.375. The van der Waals surface area contributed by atoms with Crippen molar-refractivity contribution in [2.75, 3.05) is 18.4 Å².